The second-order valence-electron chi connectivity index (χ2n) is 6.23. The van der Waals surface area contributed by atoms with Crippen molar-refractivity contribution in [1.29, 1.82) is 0 Å². The lowest BCUT2D eigenvalue weighted by Gasteiger charge is -2.13. The predicted octanol–water partition coefficient (Wildman–Crippen LogP) is 2.83. The molecule has 26 heavy (non-hydrogen) atoms. The maximum Gasteiger partial charge on any atom is 0.240 e. The number of thiazole rings is 1. The largest absolute Gasteiger partial charge is 0.349 e. The summed E-state index contributed by atoms with van der Waals surface area (Å²) in [7, 11) is 0. The third-order valence-corrected chi connectivity index (χ3v) is 5.02. The molecule has 0 saturated carbocycles. The van der Waals surface area contributed by atoms with Crippen molar-refractivity contribution in [2.75, 3.05) is 0 Å². The summed E-state index contributed by atoms with van der Waals surface area (Å²) in [5, 5.41) is 5.92. The van der Waals surface area contributed by atoms with Gasteiger partial charge in [-0.25, -0.2) is 4.98 Å². The molecule has 1 amide bonds. The number of rotatable bonds is 6. The molecule has 0 aliphatic heterocycles. The van der Waals surface area contributed by atoms with Gasteiger partial charge in [-0.2, -0.15) is 0 Å². The number of aryl methyl sites for hydroxylation is 2. The molecule has 2 aromatic heterocycles. The number of amides is 1. The van der Waals surface area contributed by atoms with Gasteiger partial charge in [-0.1, -0.05) is 30.3 Å². The fourth-order valence-electron chi connectivity index (χ4n) is 2.81. The summed E-state index contributed by atoms with van der Waals surface area (Å²) < 4.78 is 1.83. The third-order valence-electron chi connectivity index (χ3n) is 4.12. The van der Waals surface area contributed by atoms with Crippen LogP contribution in [0.1, 0.15) is 27.7 Å². The first-order chi connectivity index (χ1) is 12.5. The molecule has 1 N–H and O–H groups in total. The summed E-state index contributed by atoms with van der Waals surface area (Å²) in [6.07, 6.45) is 0.801. The van der Waals surface area contributed by atoms with Crippen LogP contribution in [0, 0.1) is 13.8 Å². The summed E-state index contributed by atoms with van der Waals surface area (Å²) in [4.78, 5) is 28.3. The van der Waals surface area contributed by atoms with Gasteiger partial charge in [0.25, 0.3) is 0 Å². The number of hydrogen-bond acceptors (Lipinski definition) is 4. The van der Waals surface area contributed by atoms with Crippen LogP contribution in [-0.2, 0) is 24.3 Å². The minimum Gasteiger partial charge on any atom is -0.349 e. The van der Waals surface area contributed by atoms with E-state index in [1.54, 1.807) is 11.3 Å². The van der Waals surface area contributed by atoms with Crippen LogP contribution in [0.15, 0.2) is 52.6 Å². The third kappa shape index (κ3) is 4.67. The maximum absolute atomic E-state index is 12.2. The average molecular weight is 367 g/mol. The van der Waals surface area contributed by atoms with E-state index >= 15 is 0 Å². The van der Waals surface area contributed by atoms with Gasteiger partial charge in [-0.15, -0.1) is 11.3 Å². The number of nitrogens with one attached hydrogen (secondary N) is 1. The van der Waals surface area contributed by atoms with E-state index < -0.39 is 0 Å². The molecule has 5 nitrogen and oxygen atoms in total. The summed E-state index contributed by atoms with van der Waals surface area (Å²) in [6, 6.07) is 13.3. The standard InChI is InChI=1S/C20H21N3O2S/c1-14-8-18(24)9-15(2)23(14)12-19(25)21-11-17-13-26-20(22-17)10-16-6-4-3-5-7-16/h3-9,13H,10-12H2,1-2H3,(H,21,25). The van der Waals surface area contributed by atoms with Crippen molar-refractivity contribution in [3.63, 3.8) is 0 Å². The van der Waals surface area contributed by atoms with Crippen molar-refractivity contribution in [2.24, 2.45) is 0 Å². The van der Waals surface area contributed by atoms with Gasteiger partial charge in [-0.05, 0) is 19.4 Å². The van der Waals surface area contributed by atoms with Crippen molar-refractivity contribution in [1.82, 2.24) is 14.9 Å². The molecule has 2 heterocycles. The Morgan fingerprint density at radius 2 is 1.85 bits per heavy atom. The van der Waals surface area contributed by atoms with E-state index in [9.17, 15) is 9.59 Å². The highest BCUT2D eigenvalue weighted by molar-refractivity contribution is 7.09. The van der Waals surface area contributed by atoms with Gasteiger partial charge in [0.2, 0.25) is 5.91 Å². The van der Waals surface area contributed by atoms with Gasteiger partial charge in [-0.3, -0.25) is 9.59 Å². The zero-order chi connectivity index (χ0) is 18.5. The van der Waals surface area contributed by atoms with Crippen LogP contribution < -0.4 is 10.7 Å². The minimum atomic E-state index is -0.0996. The van der Waals surface area contributed by atoms with Gasteiger partial charge in [0.15, 0.2) is 5.43 Å². The molecule has 3 aromatic rings. The first-order valence-corrected chi connectivity index (χ1v) is 9.31. The highest BCUT2D eigenvalue weighted by Crippen LogP contribution is 2.14. The normalized spacial score (nSPS) is 10.7. The van der Waals surface area contributed by atoms with Crippen molar-refractivity contribution < 1.29 is 4.79 Å². The van der Waals surface area contributed by atoms with Gasteiger partial charge < -0.3 is 9.88 Å². The SMILES string of the molecule is Cc1cc(=O)cc(C)n1CC(=O)NCc1csc(Cc2ccccc2)n1. The van der Waals surface area contributed by atoms with Crippen LogP contribution >= 0.6 is 11.3 Å². The van der Waals surface area contributed by atoms with Crippen LogP contribution in [0.25, 0.3) is 0 Å². The van der Waals surface area contributed by atoms with E-state index in [0.717, 1.165) is 28.5 Å². The lowest BCUT2D eigenvalue weighted by Crippen LogP contribution is -2.29. The second-order valence-corrected chi connectivity index (χ2v) is 7.17. The number of pyridine rings is 1. The monoisotopic (exact) mass is 367 g/mol. The first kappa shape index (κ1) is 18.1. The van der Waals surface area contributed by atoms with E-state index in [-0.39, 0.29) is 17.9 Å². The van der Waals surface area contributed by atoms with Gasteiger partial charge in [0.05, 0.1) is 17.2 Å². The summed E-state index contributed by atoms with van der Waals surface area (Å²) in [6.45, 7) is 4.26. The van der Waals surface area contributed by atoms with E-state index in [4.69, 9.17) is 0 Å². The lowest BCUT2D eigenvalue weighted by molar-refractivity contribution is -0.121. The molecule has 0 fully saturated rings. The van der Waals surface area contributed by atoms with Crippen molar-refractivity contribution in [2.45, 2.75) is 33.4 Å². The predicted molar refractivity (Wildman–Crippen MR) is 103 cm³/mol. The molecule has 6 heteroatoms. The maximum atomic E-state index is 12.2. The summed E-state index contributed by atoms with van der Waals surface area (Å²) in [5.41, 5.74) is 3.61. The Labute approximate surface area is 156 Å². The fraction of sp³-hybridized carbons (Fsp3) is 0.250. The van der Waals surface area contributed by atoms with Crippen molar-refractivity contribution >= 4 is 17.2 Å². The number of aromatic nitrogens is 2. The Morgan fingerprint density at radius 1 is 1.15 bits per heavy atom. The topological polar surface area (TPSA) is 64.0 Å². The van der Waals surface area contributed by atoms with Gasteiger partial charge >= 0.3 is 0 Å². The van der Waals surface area contributed by atoms with Crippen LogP contribution in [0.4, 0.5) is 0 Å². The minimum absolute atomic E-state index is 0.0370. The fourth-order valence-corrected chi connectivity index (χ4v) is 3.64. The Hall–Kier alpha value is -2.73. The molecule has 0 bridgehead atoms. The molecule has 134 valence electrons. The lowest BCUT2D eigenvalue weighted by atomic mass is 10.2. The van der Waals surface area contributed by atoms with Gasteiger partial charge in [0.1, 0.15) is 6.54 Å². The van der Waals surface area contributed by atoms with Crippen molar-refractivity contribution in [3.05, 3.63) is 85.7 Å². The number of carbonyl (C=O) groups excluding carboxylic acids is 1. The molecule has 3 rings (SSSR count). The molecular weight excluding hydrogens is 346 g/mol. The van der Waals surface area contributed by atoms with Crippen LogP contribution in [0.3, 0.4) is 0 Å². The van der Waals surface area contributed by atoms with E-state index in [1.807, 2.05) is 42.0 Å². The van der Waals surface area contributed by atoms with Gasteiger partial charge in [0, 0.05) is 35.3 Å². The molecule has 0 spiro atoms. The number of hydrogen-bond donors (Lipinski definition) is 1. The molecule has 0 unspecified atom stereocenters. The number of carbonyl (C=O) groups is 1. The smallest absolute Gasteiger partial charge is 0.240 e. The zero-order valence-electron chi connectivity index (χ0n) is 14.9. The van der Waals surface area contributed by atoms with E-state index in [2.05, 4.69) is 22.4 Å². The van der Waals surface area contributed by atoms with E-state index in [0.29, 0.717) is 6.54 Å². The molecule has 1 aromatic carbocycles. The number of nitrogens with zero attached hydrogens (tertiary/aromatic N) is 2. The zero-order valence-corrected chi connectivity index (χ0v) is 15.7. The van der Waals surface area contributed by atoms with Crippen LogP contribution in [0.2, 0.25) is 0 Å². The van der Waals surface area contributed by atoms with Crippen LogP contribution in [0.5, 0.6) is 0 Å². The first-order valence-electron chi connectivity index (χ1n) is 8.43. The second kappa shape index (κ2) is 8.10. The van der Waals surface area contributed by atoms with Crippen LogP contribution in [-0.4, -0.2) is 15.5 Å². The quantitative estimate of drug-likeness (QED) is 0.729. The highest BCUT2D eigenvalue weighted by Gasteiger charge is 2.09. The molecular formula is C20H21N3O2S. The summed E-state index contributed by atoms with van der Waals surface area (Å²) >= 11 is 1.60. The molecule has 0 saturated heterocycles. The number of benzene rings is 1. The molecule has 0 radical (unpaired) electrons. The highest BCUT2D eigenvalue weighted by atomic mass is 32.1. The molecule has 0 aliphatic carbocycles. The molecule has 0 atom stereocenters. The Balaban J connectivity index is 1.56. The Morgan fingerprint density at radius 3 is 2.54 bits per heavy atom. The Bertz CT molecular complexity index is 934. The Kier molecular flexibility index (Phi) is 5.63. The van der Waals surface area contributed by atoms with Crippen molar-refractivity contribution in [3.8, 4) is 0 Å². The average Bonchev–Trinajstić information content (AvgIpc) is 3.04. The molecule has 0 aliphatic rings. The van der Waals surface area contributed by atoms with E-state index in [1.165, 1.54) is 17.7 Å². The summed E-state index contributed by atoms with van der Waals surface area (Å²) in [5.74, 6) is -0.0996.